The zero-order valence-electron chi connectivity index (χ0n) is 7.81. The van der Waals surface area contributed by atoms with Crippen molar-refractivity contribution in [1.29, 1.82) is 0 Å². The predicted octanol–water partition coefficient (Wildman–Crippen LogP) is 2.11. The topological polar surface area (TPSA) is 57.6 Å². The molecule has 15 heavy (non-hydrogen) atoms. The minimum absolute atomic E-state index is 0.369. The first kappa shape index (κ1) is 11.9. The van der Waals surface area contributed by atoms with E-state index in [9.17, 15) is 9.59 Å². The van der Waals surface area contributed by atoms with Crippen LogP contribution >= 0.6 is 27.3 Å². The van der Waals surface area contributed by atoms with Gasteiger partial charge < -0.3 is 10.0 Å². The maximum atomic E-state index is 11.4. The summed E-state index contributed by atoms with van der Waals surface area (Å²) in [5.41, 5.74) is 0. The van der Waals surface area contributed by atoms with Crippen molar-refractivity contribution in [2.45, 2.75) is 0 Å². The van der Waals surface area contributed by atoms with E-state index >= 15 is 0 Å². The van der Waals surface area contributed by atoms with Gasteiger partial charge in [-0.1, -0.05) is 0 Å². The number of aliphatic carboxylic acids is 1. The van der Waals surface area contributed by atoms with E-state index in [1.165, 1.54) is 16.2 Å². The number of hydrogen-bond acceptors (Lipinski definition) is 3. The van der Waals surface area contributed by atoms with Gasteiger partial charge in [-0.15, -0.1) is 11.3 Å². The summed E-state index contributed by atoms with van der Waals surface area (Å²) in [6.45, 7) is 0. The number of halogens is 1. The third-order valence-electron chi connectivity index (χ3n) is 1.58. The molecular formula is C9H8BrNO3S. The minimum atomic E-state index is -1.14. The Kier molecular flexibility index (Phi) is 4.05. The molecule has 1 heterocycles. The van der Waals surface area contributed by atoms with E-state index in [2.05, 4.69) is 15.9 Å². The van der Waals surface area contributed by atoms with Gasteiger partial charge in [0.15, 0.2) is 0 Å². The molecule has 0 radical (unpaired) electrons. The first-order valence-electron chi connectivity index (χ1n) is 3.93. The van der Waals surface area contributed by atoms with Crippen LogP contribution in [0.25, 0.3) is 0 Å². The van der Waals surface area contributed by atoms with Crippen LogP contribution < -0.4 is 4.90 Å². The second kappa shape index (κ2) is 5.09. The second-order valence-corrected chi connectivity index (χ2v) is 4.48. The minimum Gasteiger partial charge on any atom is -0.478 e. The lowest BCUT2D eigenvalue weighted by Crippen LogP contribution is -2.23. The summed E-state index contributed by atoms with van der Waals surface area (Å²) < 4.78 is 0.893. The first-order valence-corrected chi connectivity index (χ1v) is 5.60. The Morgan fingerprint density at radius 1 is 1.53 bits per heavy atom. The molecule has 1 aromatic heterocycles. The SMILES string of the molecule is CN(C(=O)/C=C/C(=O)O)c1cc(Br)cs1. The lowest BCUT2D eigenvalue weighted by Gasteiger charge is -2.11. The maximum Gasteiger partial charge on any atom is 0.328 e. The van der Waals surface area contributed by atoms with E-state index in [0.29, 0.717) is 0 Å². The van der Waals surface area contributed by atoms with E-state index < -0.39 is 5.97 Å². The number of carboxylic acid groups (broad SMARTS) is 1. The van der Waals surface area contributed by atoms with Crippen molar-refractivity contribution in [3.63, 3.8) is 0 Å². The van der Waals surface area contributed by atoms with Crippen molar-refractivity contribution in [2.24, 2.45) is 0 Å². The standard InChI is InChI=1S/C9H8BrNO3S/c1-11(7(12)2-3-9(13)14)8-4-6(10)5-15-8/h2-5H,1H3,(H,13,14)/b3-2+. The Morgan fingerprint density at radius 2 is 2.20 bits per heavy atom. The number of carbonyl (C=O) groups is 2. The van der Waals surface area contributed by atoms with Crippen LogP contribution in [-0.4, -0.2) is 24.0 Å². The maximum absolute atomic E-state index is 11.4. The van der Waals surface area contributed by atoms with E-state index in [1.807, 2.05) is 5.38 Å². The van der Waals surface area contributed by atoms with E-state index in [4.69, 9.17) is 5.11 Å². The molecule has 0 aliphatic carbocycles. The number of amides is 1. The zero-order chi connectivity index (χ0) is 11.4. The highest BCUT2D eigenvalue weighted by Crippen LogP contribution is 2.27. The number of likely N-dealkylation sites (N-methyl/N-ethyl adjacent to an activating group) is 1. The van der Waals surface area contributed by atoms with Crippen LogP contribution in [0.15, 0.2) is 28.1 Å². The first-order chi connectivity index (χ1) is 7.00. The molecule has 0 atom stereocenters. The molecule has 0 saturated heterocycles. The zero-order valence-corrected chi connectivity index (χ0v) is 10.2. The molecule has 1 N–H and O–H groups in total. The lowest BCUT2D eigenvalue weighted by atomic mass is 10.4. The van der Waals surface area contributed by atoms with Gasteiger partial charge in [0.2, 0.25) is 0 Å². The Hall–Kier alpha value is -1.14. The third-order valence-corrected chi connectivity index (χ3v) is 3.35. The molecular weight excluding hydrogens is 282 g/mol. The molecule has 0 saturated carbocycles. The number of carbonyl (C=O) groups excluding carboxylic acids is 1. The van der Waals surface area contributed by atoms with Crippen molar-refractivity contribution in [3.05, 3.63) is 28.1 Å². The van der Waals surface area contributed by atoms with Gasteiger partial charge >= 0.3 is 5.97 Å². The van der Waals surface area contributed by atoms with Crippen molar-refractivity contribution in [1.82, 2.24) is 0 Å². The van der Waals surface area contributed by atoms with Crippen LogP contribution in [-0.2, 0) is 9.59 Å². The molecule has 0 fully saturated rings. The predicted molar refractivity (Wildman–Crippen MR) is 62.2 cm³/mol. The molecule has 0 aromatic carbocycles. The summed E-state index contributed by atoms with van der Waals surface area (Å²) in [6, 6.07) is 1.79. The Bertz CT molecular complexity index is 413. The van der Waals surface area contributed by atoms with Crippen molar-refractivity contribution >= 4 is 44.1 Å². The van der Waals surface area contributed by atoms with E-state index in [-0.39, 0.29) is 5.91 Å². The van der Waals surface area contributed by atoms with Gasteiger partial charge in [0.25, 0.3) is 5.91 Å². The highest BCUT2D eigenvalue weighted by molar-refractivity contribution is 9.10. The van der Waals surface area contributed by atoms with E-state index in [1.54, 1.807) is 13.1 Å². The quantitative estimate of drug-likeness (QED) is 0.867. The highest BCUT2D eigenvalue weighted by Gasteiger charge is 2.09. The average Bonchev–Trinajstić information content (AvgIpc) is 2.60. The normalized spacial score (nSPS) is 10.5. The fourth-order valence-corrected chi connectivity index (χ4v) is 2.23. The molecule has 0 unspecified atom stereocenters. The van der Waals surface area contributed by atoms with Crippen LogP contribution in [0, 0.1) is 0 Å². The van der Waals surface area contributed by atoms with Crippen molar-refractivity contribution in [3.8, 4) is 0 Å². The number of rotatable bonds is 3. The summed E-state index contributed by atoms with van der Waals surface area (Å²) in [7, 11) is 1.59. The molecule has 0 bridgehead atoms. The van der Waals surface area contributed by atoms with Crippen LogP contribution in [0.2, 0.25) is 0 Å². The molecule has 0 aliphatic rings. The molecule has 6 heteroatoms. The van der Waals surface area contributed by atoms with Crippen molar-refractivity contribution in [2.75, 3.05) is 11.9 Å². The number of thiophene rings is 1. The van der Waals surface area contributed by atoms with Gasteiger partial charge in [0, 0.05) is 29.1 Å². The summed E-state index contributed by atoms with van der Waals surface area (Å²) in [4.78, 5) is 23.0. The van der Waals surface area contributed by atoms with Crippen LogP contribution in [0.5, 0.6) is 0 Å². The molecule has 1 amide bonds. The molecule has 80 valence electrons. The third kappa shape index (κ3) is 3.49. The Labute approximate surface area is 99.0 Å². The monoisotopic (exact) mass is 289 g/mol. The summed E-state index contributed by atoms with van der Waals surface area (Å²) in [5, 5.41) is 11.0. The lowest BCUT2D eigenvalue weighted by molar-refractivity contribution is -0.131. The molecule has 4 nitrogen and oxygen atoms in total. The van der Waals surface area contributed by atoms with E-state index in [0.717, 1.165) is 21.6 Å². The summed E-state index contributed by atoms with van der Waals surface area (Å²) in [6.07, 6.45) is 1.84. The molecule has 0 spiro atoms. The van der Waals surface area contributed by atoms with Crippen molar-refractivity contribution < 1.29 is 14.7 Å². The number of carboxylic acids is 1. The highest BCUT2D eigenvalue weighted by atomic mass is 79.9. The fraction of sp³-hybridized carbons (Fsp3) is 0.111. The Morgan fingerprint density at radius 3 is 2.67 bits per heavy atom. The molecule has 1 aromatic rings. The van der Waals surface area contributed by atoms with Crippen LogP contribution in [0.3, 0.4) is 0 Å². The number of anilines is 1. The van der Waals surface area contributed by atoms with Gasteiger partial charge in [-0.25, -0.2) is 4.79 Å². The smallest absolute Gasteiger partial charge is 0.328 e. The molecule has 1 rings (SSSR count). The van der Waals surface area contributed by atoms with Gasteiger partial charge in [-0.2, -0.15) is 0 Å². The van der Waals surface area contributed by atoms with Gasteiger partial charge in [-0.3, -0.25) is 4.79 Å². The van der Waals surface area contributed by atoms with Gasteiger partial charge in [0.1, 0.15) is 0 Å². The average molecular weight is 290 g/mol. The van der Waals surface area contributed by atoms with Crippen LogP contribution in [0.1, 0.15) is 0 Å². The number of hydrogen-bond donors (Lipinski definition) is 1. The van der Waals surface area contributed by atoms with Crippen LogP contribution in [0.4, 0.5) is 5.00 Å². The molecule has 0 aliphatic heterocycles. The summed E-state index contributed by atoms with van der Waals surface area (Å²) in [5.74, 6) is -1.50. The number of nitrogens with zero attached hydrogens (tertiary/aromatic N) is 1. The fourth-order valence-electron chi connectivity index (χ4n) is 0.842. The Balaban J connectivity index is 2.73. The second-order valence-electron chi connectivity index (χ2n) is 2.67. The van der Waals surface area contributed by atoms with Gasteiger partial charge in [-0.05, 0) is 22.0 Å². The summed E-state index contributed by atoms with van der Waals surface area (Å²) >= 11 is 4.67. The largest absolute Gasteiger partial charge is 0.478 e. The van der Waals surface area contributed by atoms with Gasteiger partial charge in [0.05, 0.1) is 5.00 Å².